The Balaban J connectivity index is 0.00000192. The third-order valence-electron chi connectivity index (χ3n) is 4.28. The molecule has 1 saturated carbocycles. The van der Waals surface area contributed by atoms with E-state index in [2.05, 4.69) is 27.0 Å². The molecule has 3 N–H and O–H groups in total. The average Bonchev–Trinajstić information content (AvgIpc) is 3.09. The zero-order chi connectivity index (χ0) is 15.2. The molecule has 1 aromatic carbocycles. The van der Waals surface area contributed by atoms with Crippen molar-refractivity contribution >= 4 is 41.5 Å². The summed E-state index contributed by atoms with van der Waals surface area (Å²) in [5.74, 6) is 1.23. The van der Waals surface area contributed by atoms with E-state index in [-0.39, 0.29) is 35.8 Å². The second-order valence-corrected chi connectivity index (χ2v) is 6.04. The maximum absolute atomic E-state index is 12.2. The fourth-order valence-corrected chi connectivity index (χ4v) is 3.03. The molecule has 23 heavy (non-hydrogen) atoms. The lowest BCUT2D eigenvalue weighted by Gasteiger charge is -2.16. The summed E-state index contributed by atoms with van der Waals surface area (Å²) in [5, 5.41) is 9.59. The normalized spacial score (nSPS) is 17.7. The summed E-state index contributed by atoms with van der Waals surface area (Å²) in [5.41, 5.74) is 2.02. The van der Waals surface area contributed by atoms with Gasteiger partial charge in [0, 0.05) is 31.2 Å². The van der Waals surface area contributed by atoms with Crippen molar-refractivity contribution in [3.8, 4) is 0 Å². The number of nitrogens with zero attached hydrogens (tertiary/aromatic N) is 1. The molecule has 0 unspecified atom stereocenters. The van der Waals surface area contributed by atoms with E-state index >= 15 is 0 Å². The molecule has 0 atom stereocenters. The van der Waals surface area contributed by atoms with Gasteiger partial charge in [-0.2, -0.15) is 0 Å². The Morgan fingerprint density at radius 3 is 2.83 bits per heavy atom. The van der Waals surface area contributed by atoms with Crippen LogP contribution in [0.2, 0.25) is 0 Å². The van der Waals surface area contributed by atoms with Crippen molar-refractivity contribution in [2.75, 3.05) is 18.4 Å². The van der Waals surface area contributed by atoms with Crippen molar-refractivity contribution in [1.29, 1.82) is 0 Å². The predicted molar refractivity (Wildman–Crippen MR) is 104 cm³/mol. The summed E-state index contributed by atoms with van der Waals surface area (Å²) < 4.78 is 0. The monoisotopic (exact) mass is 428 g/mol. The Labute approximate surface area is 154 Å². The van der Waals surface area contributed by atoms with Gasteiger partial charge >= 0.3 is 0 Å². The van der Waals surface area contributed by atoms with Crippen LogP contribution in [0.15, 0.2) is 29.3 Å². The first-order valence-electron chi connectivity index (χ1n) is 8.23. The van der Waals surface area contributed by atoms with Crippen molar-refractivity contribution in [3.05, 3.63) is 29.8 Å². The largest absolute Gasteiger partial charge is 0.356 e. The van der Waals surface area contributed by atoms with Crippen LogP contribution in [-0.2, 0) is 11.3 Å². The maximum atomic E-state index is 12.2. The standard InChI is InChI=1S/C17H24N4O.HI/c22-16(14-6-1-2-7-14)21-15-8-3-5-13(11-15)12-20-17-18-9-4-10-19-17;/h3,5,8,11,14H,1-2,4,6-7,9-10,12H2,(H,21,22)(H2,18,19,20);1H. The molecule has 1 fully saturated rings. The summed E-state index contributed by atoms with van der Waals surface area (Å²) >= 11 is 0. The number of carbonyl (C=O) groups is 1. The van der Waals surface area contributed by atoms with Gasteiger partial charge in [0.15, 0.2) is 5.96 Å². The quantitative estimate of drug-likeness (QED) is 0.647. The molecule has 5 nitrogen and oxygen atoms in total. The average molecular weight is 428 g/mol. The summed E-state index contributed by atoms with van der Waals surface area (Å²) in [6, 6.07) is 8.02. The van der Waals surface area contributed by atoms with Gasteiger partial charge in [-0.1, -0.05) is 25.0 Å². The van der Waals surface area contributed by atoms with Crippen LogP contribution in [0.4, 0.5) is 5.69 Å². The van der Waals surface area contributed by atoms with Gasteiger partial charge in [0.05, 0.1) is 0 Å². The first kappa shape index (κ1) is 18.0. The predicted octanol–water partition coefficient (Wildman–Crippen LogP) is 2.87. The number of benzene rings is 1. The highest BCUT2D eigenvalue weighted by atomic mass is 127. The van der Waals surface area contributed by atoms with Crippen molar-refractivity contribution in [1.82, 2.24) is 10.6 Å². The maximum Gasteiger partial charge on any atom is 0.227 e. The van der Waals surface area contributed by atoms with Crippen molar-refractivity contribution < 1.29 is 4.79 Å². The van der Waals surface area contributed by atoms with Crippen molar-refractivity contribution in [3.63, 3.8) is 0 Å². The highest BCUT2D eigenvalue weighted by Gasteiger charge is 2.22. The number of hydrogen-bond donors (Lipinski definition) is 3. The molecule has 1 aromatic rings. The van der Waals surface area contributed by atoms with E-state index in [0.717, 1.165) is 49.6 Å². The second-order valence-electron chi connectivity index (χ2n) is 6.04. The molecule has 0 aromatic heterocycles. The molecule has 0 spiro atoms. The third kappa shape index (κ3) is 5.37. The van der Waals surface area contributed by atoms with Gasteiger partial charge in [-0.25, -0.2) is 0 Å². The SMILES string of the molecule is I.O=C(Nc1cccc(CNC2=NCCCN2)c1)C1CCCC1. The van der Waals surface area contributed by atoms with Crippen LogP contribution < -0.4 is 16.0 Å². The highest BCUT2D eigenvalue weighted by Crippen LogP contribution is 2.26. The molecule has 126 valence electrons. The Bertz CT molecular complexity index is 555. The minimum Gasteiger partial charge on any atom is -0.356 e. The van der Waals surface area contributed by atoms with Crippen LogP contribution in [0, 0.1) is 5.92 Å². The Hall–Kier alpha value is -1.31. The smallest absolute Gasteiger partial charge is 0.227 e. The van der Waals surface area contributed by atoms with Gasteiger partial charge in [-0.15, -0.1) is 24.0 Å². The van der Waals surface area contributed by atoms with E-state index in [0.29, 0.717) is 6.54 Å². The van der Waals surface area contributed by atoms with E-state index in [9.17, 15) is 4.79 Å². The lowest BCUT2D eigenvalue weighted by Crippen LogP contribution is -2.40. The molecule has 6 heteroatoms. The molecule has 3 rings (SSSR count). The molecule has 2 aliphatic rings. The molecule has 0 radical (unpaired) electrons. The van der Waals surface area contributed by atoms with Crippen LogP contribution in [0.1, 0.15) is 37.7 Å². The second kappa shape index (κ2) is 9.10. The number of halogens is 1. The number of guanidine groups is 1. The molecule has 0 saturated heterocycles. The summed E-state index contributed by atoms with van der Waals surface area (Å²) in [6.07, 6.45) is 5.50. The third-order valence-corrected chi connectivity index (χ3v) is 4.28. The molecule has 0 bridgehead atoms. The Kier molecular flexibility index (Phi) is 7.14. The van der Waals surface area contributed by atoms with Gasteiger partial charge in [0.25, 0.3) is 0 Å². The zero-order valence-electron chi connectivity index (χ0n) is 13.3. The highest BCUT2D eigenvalue weighted by molar-refractivity contribution is 14.0. The van der Waals surface area contributed by atoms with Gasteiger partial charge < -0.3 is 16.0 Å². The molecule has 1 heterocycles. The van der Waals surface area contributed by atoms with Gasteiger partial charge in [-0.3, -0.25) is 9.79 Å². The van der Waals surface area contributed by atoms with E-state index in [1.54, 1.807) is 0 Å². The summed E-state index contributed by atoms with van der Waals surface area (Å²) in [7, 11) is 0. The van der Waals surface area contributed by atoms with Gasteiger partial charge in [0.1, 0.15) is 0 Å². The topological polar surface area (TPSA) is 65.5 Å². The molecule has 1 aliphatic carbocycles. The van der Waals surface area contributed by atoms with E-state index < -0.39 is 0 Å². The van der Waals surface area contributed by atoms with Gasteiger partial charge in [-0.05, 0) is 37.0 Å². The van der Waals surface area contributed by atoms with E-state index in [1.807, 2.05) is 18.2 Å². The van der Waals surface area contributed by atoms with Gasteiger partial charge in [0.2, 0.25) is 5.91 Å². The number of amides is 1. The fraction of sp³-hybridized carbons (Fsp3) is 0.529. The number of nitrogens with one attached hydrogen (secondary N) is 3. The number of aliphatic imine (C=N–C) groups is 1. The minimum absolute atomic E-state index is 0. The fourth-order valence-electron chi connectivity index (χ4n) is 3.03. The Morgan fingerprint density at radius 1 is 1.26 bits per heavy atom. The molecular formula is C17H25IN4O. The first-order valence-corrected chi connectivity index (χ1v) is 8.23. The van der Waals surface area contributed by atoms with E-state index in [4.69, 9.17) is 0 Å². The van der Waals surface area contributed by atoms with Crippen LogP contribution in [-0.4, -0.2) is 25.0 Å². The van der Waals surface area contributed by atoms with Crippen molar-refractivity contribution in [2.24, 2.45) is 10.9 Å². The molecule has 1 aliphatic heterocycles. The number of rotatable bonds is 4. The van der Waals surface area contributed by atoms with Crippen LogP contribution >= 0.6 is 24.0 Å². The van der Waals surface area contributed by atoms with E-state index in [1.165, 1.54) is 12.8 Å². The minimum atomic E-state index is 0. The van der Waals surface area contributed by atoms with Crippen LogP contribution in [0.25, 0.3) is 0 Å². The number of anilines is 1. The number of hydrogen-bond acceptors (Lipinski definition) is 4. The zero-order valence-corrected chi connectivity index (χ0v) is 15.6. The lowest BCUT2D eigenvalue weighted by atomic mass is 10.1. The first-order chi connectivity index (χ1) is 10.8. The lowest BCUT2D eigenvalue weighted by molar-refractivity contribution is -0.119. The van der Waals surface area contributed by atoms with Crippen LogP contribution in [0.5, 0.6) is 0 Å². The molecular weight excluding hydrogens is 403 g/mol. The van der Waals surface area contributed by atoms with Crippen molar-refractivity contribution in [2.45, 2.75) is 38.6 Å². The summed E-state index contributed by atoms with van der Waals surface area (Å²) in [4.78, 5) is 16.6. The molecule has 1 amide bonds. The summed E-state index contributed by atoms with van der Waals surface area (Å²) in [6.45, 7) is 2.56. The Morgan fingerprint density at radius 2 is 2.09 bits per heavy atom. The van der Waals surface area contributed by atoms with Crippen LogP contribution in [0.3, 0.4) is 0 Å². The number of carbonyl (C=O) groups excluding carboxylic acids is 1.